The zero-order valence-electron chi connectivity index (χ0n) is 8.21. The summed E-state index contributed by atoms with van der Waals surface area (Å²) in [5.74, 6) is -2.13. The Hall–Kier alpha value is -1.12. The van der Waals surface area contributed by atoms with Crippen molar-refractivity contribution < 1.29 is 33.4 Å². The predicted molar refractivity (Wildman–Crippen MR) is 50.8 cm³/mol. The summed E-state index contributed by atoms with van der Waals surface area (Å²) in [5.41, 5.74) is 0. The first-order chi connectivity index (χ1) is 7.52. The molecule has 0 fully saturated rings. The summed E-state index contributed by atoms with van der Waals surface area (Å²) < 4.78 is 19.9. The van der Waals surface area contributed by atoms with E-state index in [1.165, 1.54) is 0 Å². The highest BCUT2D eigenvalue weighted by molar-refractivity contribution is 7.33. The van der Waals surface area contributed by atoms with Crippen molar-refractivity contribution in [3.63, 3.8) is 0 Å². The van der Waals surface area contributed by atoms with Gasteiger partial charge in [0.05, 0.1) is 13.1 Å². The molecule has 0 aromatic carbocycles. The second-order valence-corrected chi connectivity index (χ2v) is 3.38. The highest BCUT2D eigenvalue weighted by Crippen LogP contribution is 2.21. The van der Waals surface area contributed by atoms with Gasteiger partial charge in [0, 0.05) is 4.57 Å². The molecule has 0 aromatic rings. The van der Waals surface area contributed by atoms with E-state index in [2.05, 4.69) is 19.7 Å². The van der Waals surface area contributed by atoms with Crippen LogP contribution in [0.5, 0.6) is 0 Å². The molecule has 0 rings (SSSR count). The van der Waals surface area contributed by atoms with Gasteiger partial charge in [0.2, 0.25) is 0 Å². The van der Waals surface area contributed by atoms with E-state index in [1.54, 1.807) is 0 Å². The van der Waals surface area contributed by atoms with E-state index in [0.29, 0.717) is 0 Å². The summed E-state index contributed by atoms with van der Waals surface area (Å²) in [6.45, 7) is -1.11. The monoisotopic (exact) mass is 255 g/mol. The fourth-order valence-corrected chi connectivity index (χ4v) is 1.02. The molecule has 16 heavy (non-hydrogen) atoms. The first-order valence-electron chi connectivity index (χ1n) is 4.10. The highest BCUT2D eigenvalue weighted by atomic mass is 31.1. The van der Waals surface area contributed by atoms with Gasteiger partial charge in [0.25, 0.3) is 0 Å². The molecule has 0 spiro atoms. The van der Waals surface area contributed by atoms with E-state index in [0.717, 1.165) is 0 Å². The molecule has 0 aromatic heterocycles. The van der Waals surface area contributed by atoms with E-state index < -0.39 is 20.2 Å². The molecule has 0 saturated carbocycles. The zero-order chi connectivity index (χ0) is 12.4. The van der Waals surface area contributed by atoms with Gasteiger partial charge < -0.3 is 10.2 Å². The van der Waals surface area contributed by atoms with Gasteiger partial charge in [-0.25, -0.2) is 0 Å². The van der Waals surface area contributed by atoms with E-state index in [9.17, 15) is 14.2 Å². The van der Waals surface area contributed by atoms with Gasteiger partial charge in [-0.05, 0) is 0 Å². The Morgan fingerprint density at radius 1 is 1.00 bits per heavy atom. The van der Waals surface area contributed by atoms with Crippen LogP contribution in [0.2, 0.25) is 0 Å². The zero-order valence-corrected chi connectivity index (χ0v) is 9.11. The quantitative estimate of drug-likeness (QED) is 0.219. The maximum atomic E-state index is 10.9. The Morgan fingerprint density at radius 3 is 1.69 bits per heavy atom. The molecule has 0 atom stereocenters. The molecule has 0 unspecified atom stereocenters. The first kappa shape index (κ1) is 14.9. The molecule has 4 N–H and O–H groups in total. The standard InChI is InChI=1S/C6H11N2O7P/c9-5(10)1-7-3-14-16(13)15-4-8-2-6(11)12/h7-8H,1-4H2,(H-,9,10,11,12)/p+1. The Balaban J connectivity index is 3.31. The molecule has 0 radical (unpaired) electrons. The number of aliphatic carboxylic acids is 2. The van der Waals surface area contributed by atoms with Crippen LogP contribution >= 0.6 is 8.25 Å². The third-order valence-electron chi connectivity index (χ3n) is 1.10. The van der Waals surface area contributed by atoms with Crippen LogP contribution in [0.15, 0.2) is 0 Å². The first-order valence-corrected chi connectivity index (χ1v) is 5.20. The molecule has 9 nitrogen and oxygen atoms in total. The van der Waals surface area contributed by atoms with Gasteiger partial charge in [-0.3, -0.25) is 20.2 Å². The van der Waals surface area contributed by atoms with E-state index in [-0.39, 0.29) is 26.6 Å². The van der Waals surface area contributed by atoms with Crippen LogP contribution in [0.3, 0.4) is 0 Å². The van der Waals surface area contributed by atoms with Crippen molar-refractivity contribution in [2.75, 3.05) is 26.6 Å². The fourth-order valence-electron chi connectivity index (χ4n) is 0.550. The van der Waals surface area contributed by atoms with Crippen molar-refractivity contribution >= 4 is 20.2 Å². The normalized spacial score (nSPS) is 10.0. The van der Waals surface area contributed by atoms with Gasteiger partial charge in [0.15, 0.2) is 13.5 Å². The molecule has 92 valence electrons. The molecule has 0 aliphatic rings. The van der Waals surface area contributed by atoms with E-state index in [4.69, 9.17) is 10.2 Å². The summed E-state index contributed by atoms with van der Waals surface area (Å²) in [7, 11) is -2.40. The van der Waals surface area contributed by atoms with Gasteiger partial charge in [-0.15, -0.1) is 9.05 Å². The van der Waals surface area contributed by atoms with Gasteiger partial charge >= 0.3 is 20.2 Å². The van der Waals surface area contributed by atoms with Crippen molar-refractivity contribution in [3.05, 3.63) is 0 Å². The lowest BCUT2D eigenvalue weighted by Crippen LogP contribution is -2.25. The van der Waals surface area contributed by atoms with E-state index in [1.807, 2.05) is 0 Å². The maximum Gasteiger partial charge on any atom is 0.700 e. The van der Waals surface area contributed by atoms with Crippen molar-refractivity contribution in [1.29, 1.82) is 0 Å². The van der Waals surface area contributed by atoms with Gasteiger partial charge in [-0.2, -0.15) is 0 Å². The largest absolute Gasteiger partial charge is 0.700 e. The van der Waals surface area contributed by atoms with Gasteiger partial charge in [-0.1, -0.05) is 0 Å². The molecule has 0 amide bonds. The SMILES string of the molecule is O=C(O)CNCO[P+](=O)OCNCC(=O)O. The summed E-state index contributed by atoms with van der Waals surface area (Å²) in [5, 5.41) is 21.1. The van der Waals surface area contributed by atoms with Crippen molar-refractivity contribution in [2.45, 2.75) is 0 Å². The summed E-state index contributed by atoms with van der Waals surface area (Å²) in [6, 6.07) is 0. The lowest BCUT2D eigenvalue weighted by Gasteiger charge is -1.95. The maximum absolute atomic E-state index is 10.9. The number of rotatable bonds is 10. The Bertz CT molecular complexity index is 235. The minimum absolute atomic E-state index is 0.236. The minimum atomic E-state index is -2.40. The topological polar surface area (TPSA) is 134 Å². The van der Waals surface area contributed by atoms with Crippen LogP contribution in [0.1, 0.15) is 0 Å². The Labute approximate surface area is 91.7 Å². The minimum Gasteiger partial charge on any atom is -0.480 e. The molecule has 0 heterocycles. The molecule has 0 bridgehead atoms. The average molecular weight is 255 g/mol. The molecule has 0 aliphatic heterocycles. The highest BCUT2D eigenvalue weighted by Gasteiger charge is 2.19. The molecular weight excluding hydrogens is 243 g/mol. The second kappa shape index (κ2) is 9.13. The van der Waals surface area contributed by atoms with Crippen molar-refractivity contribution in [3.8, 4) is 0 Å². The summed E-state index contributed by atoms with van der Waals surface area (Å²) >= 11 is 0. The Kier molecular flexibility index (Phi) is 8.49. The van der Waals surface area contributed by atoms with Crippen LogP contribution in [-0.2, 0) is 23.2 Å². The third-order valence-corrected chi connectivity index (χ3v) is 1.78. The summed E-state index contributed by atoms with van der Waals surface area (Å²) in [6.07, 6.45) is 0. The lowest BCUT2D eigenvalue weighted by atomic mass is 10.7. The molecule has 10 heteroatoms. The van der Waals surface area contributed by atoms with Gasteiger partial charge in [0.1, 0.15) is 0 Å². The van der Waals surface area contributed by atoms with Crippen LogP contribution in [0.4, 0.5) is 0 Å². The van der Waals surface area contributed by atoms with Crippen molar-refractivity contribution in [2.24, 2.45) is 0 Å². The lowest BCUT2D eigenvalue weighted by molar-refractivity contribution is -0.137. The predicted octanol–water partition coefficient (Wildman–Crippen LogP) is -1.06. The number of carboxylic acid groups (broad SMARTS) is 2. The van der Waals surface area contributed by atoms with Crippen LogP contribution in [0.25, 0.3) is 0 Å². The average Bonchev–Trinajstić information content (AvgIpc) is 2.19. The number of nitrogens with one attached hydrogen (secondary N) is 2. The number of carboxylic acids is 2. The second-order valence-electron chi connectivity index (χ2n) is 2.41. The fraction of sp³-hybridized carbons (Fsp3) is 0.667. The number of carbonyl (C=O) groups is 2. The van der Waals surface area contributed by atoms with Crippen LogP contribution < -0.4 is 10.6 Å². The van der Waals surface area contributed by atoms with Crippen LogP contribution in [-0.4, -0.2) is 48.7 Å². The third kappa shape index (κ3) is 11.0. The molecule has 0 saturated heterocycles. The Morgan fingerprint density at radius 2 is 1.38 bits per heavy atom. The number of hydrogen-bond donors (Lipinski definition) is 4. The number of hydrogen-bond acceptors (Lipinski definition) is 7. The summed E-state index contributed by atoms with van der Waals surface area (Å²) in [4.78, 5) is 20.1. The van der Waals surface area contributed by atoms with Crippen molar-refractivity contribution in [1.82, 2.24) is 10.6 Å². The molecular formula is C6H12N2O7P+. The van der Waals surface area contributed by atoms with Crippen LogP contribution in [0, 0.1) is 0 Å². The molecule has 0 aliphatic carbocycles. The van der Waals surface area contributed by atoms with E-state index >= 15 is 0 Å². The smallest absolute Gasteiger partial charge is 0.480 e.